The van der Waals surface area contributed by atoms with Crippen LogP contribution in [-0.2, 0) is 18.4 Å². The molecule has 4 rings (SSSR count). The SMILES string of the molecule is Cc1cn(CCCCCN2CCC3(CCCc4ccccc43)C2)c(=O)[nH]c1=O. The number of hydrogen-bond acceptors (Lipinski definition) is 3. The molecule has 0 saturated carbocycles. The summed E-state index contributed by atoms with van der Waals surface area (Å²) in [6, 6.07) is 9.07. The maximum Gasteiger partial charge on any atom is 0.328 e. The molecule has 1 aliphatic carbocycles. The lowest BCUT2D eigenvalue weighted by atomic mass is 9.69. The van der Waals surface area contributed by atoms with Crippen molar-refractivity contribution in [2.75, 3.05) is 19.6 Å². The molecule has 1 fully saturated rings. The molecule has 28 heavy (non-hydrogen) atoms. The molecule has 0 bridgehead atoms. The number of nitrogens with zero attached hydrogens (tertiary/aromatic N) is 2. The molecule has 1 N–H and O–H groups in total. The van der Waals surface area contributed by atoms with Crippen molar-refractivity contribution in [3.8, 4) is 0 Å². The zero-order chi connectivity index (χ0) is 19.6. The molecule has 1 saturated heterocycles. The van der Waals surface area contributed by atoms with Gasteiger partial charge in [0.15, 0.2) is 0 Å². The summed E-state index contributed by atoms with van der Waals surface area (Å²) in [6.07, 6.45) is 10.1. The van der Waals surface area contributed by atoms with Crippen molar-refractivity contribution >= 4 is 0 Å². The average molecular weight is 382 g/mol. The lowest BCUT2D eigenvalue weighted by Crippen LogP contribution is -2.34. The van der Waals surface area contributed by atoms with Crippen molar-refractivity contribution in [1.29, 1.82) is 0 Å². The summed E-state index contributed by atoms with van der Waals surface area (Å²) < 4.78 is 1.63. The van der Waals surface area contributed by atoms with E-state index in [1.165, 1.54) is 38.8 Å². The van der Waals surface area contributed by atoms with Gasteiger partial charge in [0.2, 0.25) is 0 Å². The van der Waals surface area contributed by atoms with Crippen LogP contribution in [0.4, 0.5) is 0 Å². The van der Waals surface area contributed by atoms with Gasteiger partial charge in [-0.2, -0.15) is 0 Å². The lowest BCUT2D eigenvalue weighted by molar-refractivity contribution is 0.286. The fourth-order valence-electron chi connectivity index (χ4n) is 5.16. The number of likely N-dealkylation sites (tertiary alicyclic amines) is 1. The highest BCUT2D eigenvalue weighted by atomic mass is 16.2. The Kier molecular flexibility index (Phi) is 5.54. The molecule has 2 heterocycles. The van der Waals surface area contributed by atoms with Gasteiger partial charge < -0.3 is 9.47 Å². The molecule has 1 unspecified atom stereocenters. The highest BCUT2D eigenvalue weighted by molar-refractivity contribution is 5.38. The van der Waals surface area contributed by atoms with Gasteiger partial charge in [0, 0.05) is 30.3 Å². The van der Waals surface area contributed by atoms with Gasteiger partial charge in [-0.1, -0.05) is 30.7 Å². The van der Waals surface area contributed by atoms with Crippen LogP contribution < -0.4 is 11.2 Å². The van der Waals surface area contributed by atoms with Crippen molar-refractivity contribution in [1.82, 2.24) is 14.5 Å². The van der Waals surface area contributed by atoms with E-state index in [0.717, 1.165) is 25.8 Å². The summed E-state index contributed by atoms with van der Waals surface area (Å²) in [7, 11) is 0. The molecule has 1 spiro atoms. The Hall–Kier alpha value is -2.14. The molecule has 150 valence electrons. The Morgan fingerprint density at radius 2 is 1.89 bits per heavy atom. The van der Waals surface area contributed by atoms with Crippen LogP contribution in [-0.4, -0.2) is 34.1 Å². The average Bonchev–Trinajstić information content (AvgIpc) is 3.09. The largest absolute Gasteiger partial charge is 0.328 e. The van der Waals surface area contributed by atoms with Crippen LogP contribution in [0, 0.1) is 6.92 Å². The number of nitrogens with one attached hydrogen (secondary N) is 1. The highest BCUT2D eigenvalue weighted by Crippen LogP contribution is 2.43. The van der Waals surface area contributed by atoms with Crippen LogP contribution in [0.25, 0.3) is 0 Å². The fraction of sp³-hybridized carbons (Fsp3) is 0.565. The summed E-state index contributed by atoms with van der Waals surface area (Å²) >= 11 is 0. The molecule has 5 nitrogen and oxygen atoms in total. The second-order valence-corrected chi connectivity index (χ2v) is 8.64. The van der Waals surface area contributed by atoms with Crippen LogP contribution in [0.2, 0.25) is 0 Å². The molecular formula is C23H31N3O2. The lowest BCUT2D eigenvalue weighted by Gasteiger charge is -2.36. The third-order valence-electron chi connectivity index (χ3n) is 6.69. The number of benzene rings is 1. The third kappa shape index (κ3) is 3.86. The molecular weight excluding hydrogens is 350 g/mol. The Bertz CT molecular complexity index is 945. The summed E-state index contributed by atoms with van der Waals surface area (Å²) in [5.41, 5.74) is 3.57. The first-order chi connectivity index (χ1) is 13.6. The first-order valence-electron chi connectivity index (χ1n) is 10.7. The summed E-state index contributed by atoms with van der Waals surface area (Å²) in [6.45, 7) is 5.95. The zero-order valence-corrected chi connectivity index (χ0v) is 16.9. The van der Waals surface area contributed by atoms with E-state index < -0.39 is 0 Å². The van der Waals surface area contributed by atoms with Gasteiger partial charge in [0.05, 0.1) is 0 Å². The monoisotopic (exact) mass is 381 g/mol. The van der Waals surface area contributed by atoms with Crippen molar-refractivity contribution in [3.63, 3.8) is 0 Å². The van der Waals surface area contributed by atoms with Crippen LogP contribution in [0.5, 0.6) is 0 Å². The van der Waals surface area contributed by atoms with Gasteiger partial charge >= 0.3 is 5.69 Å². The number of fused-ring (bicyclic) bond motifs is 2. The van der Waals surface area contributed by atoms with E-state index in [4.69, 9.17) is 0 Å². The number of aryl methyl sites for hydroxylation is 3. The predicted molar refractivity (Wildman–Crippen MR) is 112 cm³/mol. The van der Waals surface area contributed by atoms with E-state index in [9.17, 15) is 9.59 Å². The molecule has 5 heteroatoms. The summed E-state index contributed by atoms with van der Waals surface area (Å²) in [5.74, 6) is 0. The maximum absolute atomic E-state index is 11.8. The van der Waals surface area contributed by atoms with Gasteiger partial charge in [-0.3, -0.25) is 9.78 Å². The van der Waals surface area contributed by atoms with Crippen LogP contribution in [0.3, 0.4) is 0 Å². The molecule has 1 aromatic heterocycles. The number of rotatable bonds is 6. The van der Waals surface area contributed by atoms with Gasteiger partial charge in [-0.25, -0.2) is 4.79 Å². The third-order valence-corrected chi connectivity index (χ3v) is 6.69. The molecule has 0 radical (unpaired) electrons. The fourth-order valence-corrected chi connectivity index (χ4v) is 5.16. The van der Waals surface area contributed by atoms with Crippen molar-refractivity contribution < 1.29 is 0 Å². The van der Waals surface area contributed by atoms with Crippen LogP contribution in [0.15, 0.2) is 40.1 Å². The quantitative estimate of drug-likeness (QED) is 0.783. The normalized spacial score (nSPS) is 21.9. The van der Waals surface area contributed by atoms with Crippen LogP contribution in [0.1, 0.15) is 55.2 Å². The van der Waals surface area contributed by atoms with E-state index >= 15 is 0 Å². The van der Waals surface area contributed by atoms with E-state index in [2.05, 4.69) is 34.1 Å². The predicted octanol–water partition coefficient (Wildman–Crippen LogP) is 3.00. The standard InChI is InChI=1S/C23H31N3O2/c1-18-16-26(22(28)24-21(18)27)14-6-2-5-13-25-15-12-23(17-25)11-7-9-19-8-3-4-10-20(19)23/h3-4,8,10,16H,2,5-7,9,11-15,17H2,1H3,(H,24,27,28). The number of H-pyrrole nitrogens is 1. The van der Waals surface area contributed by atoms with Gasteiger partial charge in [0.25, 0.3) is 5.56 Å². The number of aromatic amines is 1. The Morgan fingerprint density at radius 3 is 2.79 bits per heavy atom. The van der Waals surface area contributed by atoms with Gasteiger partial charge in [-0.05, 0) is 69.7 Å². The molecule has 2 aromatic rings. The summed E-state index contributed by atoms with van der Waals surface area (Å²) in [5, 5.41) is 0. The minimum absolute atomic E-state index is 0.284. The minimum Gasteiger partial charge on any atom is -0.302 e. The molecule has 1 aromatic carbocycles. The van der Waals surface area contributed by atoms with E-state index in [0.29, 0.717) is 17.5 Å². The van der Waals surface area contributed by atoms with Crippen molar-refractivity contribution in [3.05, 3.63) is 68.0 Å². The van der Waals surface area contributed by atoms with E-state index in [1.54, 1.807) is 28.8 Å². The van der Waals surface area contributed by atoms with E-state index in [-0.39, 0.29) is 11.2 Å². The Morgan fingerprint density at radius 1 is 1.07 bits per heavy atom. The second kappa shape index (κ2) is 8.08. The molecule has 1 atom stereocenters. The van der Waals surface area contributed by atoms with Crippen molar-refractivity contribution in [2.45, 2.75) is 63.8 Å². The van der Waals surface area contributed by atoms with Crippen LogP contribution >= 0.6 is 0 Å². The number of hydrogen-bond donors (Lipinski definition) is 1. The topological polar surface area (TPSA) is 58.1 Å². The summed E-state index contributed by atoms with van der Waals surface area (Å²) in [4.78, 5) is 28.3. The zero-order valence-electron chi connectivity index (χ0n) is 16.9. The smallest absolute Gasteiger partial charge is 0.302 e. The number of unbranched alkanes of at least 4 members (excludes halogenated alkanes) is 2. The van der Waals surface area contributed by atoms with Gasteiger partial charge in [-0.15, -0.1) is 0 Å². The maximum atomic E-state index is 11.8. The molecule has 2 aliphatic rings. The van der Waals surface area contributed by atoms with E-state index in [1.807, 2.05) is 0 Å². The first-order valence-corrected chi connectivity index (χ1v) is 10.7. The highest BCUT2D eigenvalue weighted by Gasteiger charge is 2.41. The number of aromatic nitrogens is 2. The van der Waals surface area contributed by atoms with Gasteiger partial charge in [0.1, 0.15) is 0 Å². The molecule has 1 aliphatic heterocycles. The molecule has 0 amide bonds. The first kappa shape index (κ1) is 19.2. The minimum atomic E-state index is -0.298. The Labute approximate surface area is 166 Å². The van der Waals surface area contributed by atoms with Crippen molar-refractivity contribution in [2.24, 2.45) is 0 Å². The second-order valence-electron chi connectivity index (χ2n) is 8.64. The Balaban J connectivity index is 1.26.